The zero-order chi connectivity index (χ0) is 13.2. The Morgan fingerprint density at radius 3 is 2.89 bits per heavy atom. The first-order valence-corrected chi connectivity index (χ1v) is 6.58. The van der Waals surface area contributed by atoms with Gasteiger partial charge in [-0.05, 0) is 33.0 Å². The van der Waals surface area contributed by atoms with E-state index in [1.807, 2.05) is 19.4 Å². The summed E-state index contributed by atoms with van der Waals surface area (Å²) in [5.41, 5.74) is 0. The molecule has 1 heterocycles. The van der Waals surface area contributed by atoms with Crippen LogP contribution in [0.3, 0.4) is 0 Å². The number of imidazole rings is 1. The van der Waals surface area contributed by atoms with Gasteiger partial charge in [0.2, 0.25) is 0 Å². The quantitative estimate of drug-likeness (QED) is 0.629. The first-order valence-electron chi connectivity index (χ1n) is 6.58. The molecule has 0 amide bonds. The molecule has 1 N–H and O–H groups in total. The second-order valence-corrected chi connectivity index (χ2v) is 4.64. The van der Waals surface area contributed by atoms with Crippen LogP contribution < -0.4 is 5.32 Å². The smallest absolute Gasteiger partial charge is 0.122 e. The summed E-state index contributed by atoms with van der Waals surface area (Å²) in [7, 11) is 5.91. The third kappa shape index (κ3) is 6.14. The fraction of sp³-hybridized carbons (Fsp3) is 0.769. The molecule has 18 heavy (non-hydrogen) atoms. The van der Waals surface area contributed by atoms with Crippen LogP contribution in [0, 0.1) is 0 Å². The Balaban J connectivity index is 2.00. The maximum absolute atomic E-state index is 4.98. The number of rotatable bonds is 10. The van der Waals surface area contributed by atoms with E-state index in [9.17, 15) is 0 Å². The van der Waals surface area contributed by atoms with Gasteiger partial charge in [-0.3, -0.25) is 4.90 Å². The molecule has 0 aliphatic rings. The monoisotopic (exact) mass is 254 g/mol. The largest absolute Gasteiger partial charge is 0.383 e. The Hall–Kier alpha value is -0.910. The van der Waals surface area contributed by atoms with E-state index in [1.54, 1.807) is 7.11 Å². The molecule has 5 nitrogen and oxygen atoms in total. The normalized spacial score (nSPS) is 11.3. The van der Waals surface area contributed by atoms with Crippen LogP contribution in [0.2, 0.25) is 0 Å². The number of aromatic nitrogens is 2. The van der Waals surface area contributed by atoms with Gasteiger partial charge in [0.1, 0.15) is 5.82 Å². The average Bonchev–Trinajstić information content (AvgIpc) is 2.74. The summed E-state index contributed by atoms with van der Waals surface area (Å²) in [5.74, 6) is 1.12. The van der Waals surface area contributed by atoms with Gasteiger partial charge in [-0.15, -0.1) is 0 Å². The first-order chi connectivity index (χ1) is 8.74. The third-order valence-corrected chi connectivity index (χ3v) is 2.96. The fourth-order valence-electron chi connectivity index (χ4n) is 1.80. The topological polar surface area (TPSA) is 42.3 Å². The maximum Gasteiger partial charge on any atom is 0.122 e. The van der Waals surface area contributed by atoms with Crippen LogP contribution >= 0.6 is 0 Å². The van der Waals surface area contributed by atoms with Crippen molar-refractivity contribution in [3.8, 4) is 0 Å². The molecule has 104 valence electrons. The second-order valence-electron chi connectivity index (χ2n) is 4.64. The molecule has 0 aliphatic heterocycles. The van der Waals surface area contributed by atoms with Crippen LogP contribution in [-0.4, -0.2) is 54.8 Å². The predicted octanol–water partition coefficient (Wildman–Crippen LogP) is 0.868. The third-order valence-electron chi connectivity index (χ3n) is 2.96. The predicted molar refractivity (Wildman–Crippen MR) is 73.5 cm³/mol. The molecule has 0 aliphatic carbocycles. The molecule has 1 rings (SSSR count). The highest BCUT2D eigenvalue weighted by Gasteiger charge is 2.03. The van der Waals surface area contributed by atoms with E-state index in [0.717, 1.165) is 38.6 Å². The number of methoxy groups -OCH3 is 1. The Kier molecular flexibility index (Phi) is 7.64. The van der Waals surface area contributed by atoms with Gasteiger partial charge < -0.3 is 14.6 Å². The van der Waals surface area contributed by atoms with E-state index in [0.29, 0.717) is 0 Å². The van der Waals surface area contributed by atoms with Crippen molar-refractivity contribution in [2.45, 2.75) is 19.4 Å². The van der Waals surface area contributed by atoms with Crippen molar-refractivity contribution in [3.05, 3.63) is 18.2 Å². The van der Waals surface area contributed by atoms with E-state index in [1.165, 1.54) is 12.8 Å². The SMILES string of the molecule is COCCNCCCCN(C)Cc1nccn1C. The van der Waals surface area contributed by atoms with Crippen molar-refractivity contribution in [2.75, 3.05) is 40.4 Å². The summed E-state index contributed by atoms with van der Waals surface area (Å²) in [6.07, 6.45) is 6.25. The summed E-state index contributed by atoms with van der Waals surface area (Å²) < 4.78 is 7.05. The number of unbranched alkanes of at least 4 members (excludes halogenated alkanes) is 1. The Morgan fingerprint density at radius 2 is 2.22 bits per heavy atom. The molecule has 1 aromatic rings. The second kappa shape index (κ2) is 9.08. The highest BCUT2D eigenvalue weighted by atomic mass is 16.5. The zero-order valence-electron chi connectivity index (χ0n) is 11.9. The summed E-state index contributed by atoms with van der Waals surface area (Å²) in [6.45, 7) is 4.83. The van der Waals surface area contributed by atoms with Crippen molar-refractivity contribution >= 4 is 0 Å². The molecule has 0 saturated heterocycles. The van der Waals surface area contributed by atoms with E-state index < -0.39 is 0 Å². The molecule has 0 fully saturated rings. The zero-order valence-corrected chi connectivity index (χ0v) is 11.9. The summed E-state index contributed by atoms with van der Waals surface area (Å²) >= 11 is 0. The van der Waals surface area contributed by atoms with Gasteiger partial charge in [-0.25, -0.2) is 4.98 Å². The molecule has 5 heteroatoms. The van der Waals surface area contributed by atoms with Crippen LogP contribution in [0.15, 0.2) is 12.4 Å². The van der Waals surface area contributed by atoms with Crippen molar-refractivity contribution < 1.29 is 4.74 Å². The van der Waals surface area contributed by atoms with Gasteiger partial charge in [0.25, 0.3) is 0 Å². The average molecular weight is 254 g/mol. The molecular formula is C13H26N4O. The molecule has 0 radical (unpaired) electrons. The highest BCUT2D eigenvalue weighted by molar-refractivity contribution is 4.90. The summed E-state index contributed by atoms with van der Waals surface area (Å²) in [6, 6.07) is 0. The fourth-order valence-corrected chi connectivity index (χ4v) is 1.80. The molecule has 0 unspecified atom stereocenters. The van der Waals surface area contributed by atoms with Crippen LogP contribution in [0.1, 0.15) is 18.7 Å². The molecular weight excluding hydrogens is 228 g/mol. The molecule has 0 atom stereocenters. The van der Waals surface area contributed by atoms with Crippen molar-refractivity contribution in [2.24, 2.45) is 7.05 Å². The number of aryl methyl sites for hydroxylation is 1. The summed E-state index contributed by atoms with van der Waals surface area (Å²) in [5, 5.41) is 3.35. The van der Waals surface area contributed by atoms with E-state index in [-0.39, 0.29) is 0 Å². The molecule has 0 bridgehead atoms. The van der Waals surface area contributed by atoms with E-state index in [4.69, 9.17) is 4.74 Å². The standard InChI is InChI=1S/C13H26N4O/c1-16(12-13-15-7-10-17(13)2)9-5-4-6-14-8-11-18-3/h7,10,14H,4-6,8-9,11-12H2,1-3H3. The van der Waals surface area contributed by atoms with Gasteiger partial charge in [-0.1, -0.05) is 0 Å². The van der Waals surface area contributed by atoms with Gasteiger partial charge in [0.05, 0.1) is 13.2 Å². The van der Waals surface area contributed by atoms with Crippen LogP contribution in [0.25, 0.3) is 0 Å². The van der Waals surface area contributed by atoms with Crippen LogP contribution in [0.5, 0.6) is 0 Å². The first kappa shape index (κ1) is 15.1. The van der Waals surface area contributed by atoms with Crippen molar-refractivity contribution in [1.29, 1.82) is 0 Å². The number of nitrogens with one attached hydrogen (secondary N) is 1. The molecule has 1 aromatic heterocycles. The Labute approximate surface area is 110 Å². The number of hydrogen-bond donors (Lipinski definition) is 1. The lowest BCUT2D eigenvalue weighted by Gasteiger charge is -2.16. The van der Waals surface area contributed by atoms with Gasteiger partial charge in [-0.2, -0.15) is 0 Å². The van der Waals surface area contributed by atoms with Crippen molar-refractivity contribution in [1.82, 2.24) is 19.8 Å². The van der Waals surface area contributed by atoms with E-state index >= 15 is 0 Å². The molecule has 0 spiro atoms. The number of hydrogen-bond acceptors (Lipinski definition) is 4. The molecule has 0 aromatic carbocycles. The minimum absolute atomic E-state index is 0.791. The lowest BCUT2D eigenvalue weighted by atomic mass is 10.3. The number of ether oxygens (including phenoxy) is 1. The van der Waals surface area contributed by atoms with Crippen LogP contribution in [0.4, 0.5) is 0 Å². The minimum Gasteiger partial charge on any atom is -0.383 e. The lowest BCUT2D eigenvalue weighted by molar-refractivity contribution is 0.199. The Bertz CT molecular complexity index is 314. The van der Waals surface area contributed by atoms with E-state index in [2.05, 4.69) is 26.8 Å². The maximum atomic E-state index is 4.98. The molecule has 0 saturated carbocycles. The Morgan fingerprint density at radius 1 is 1.39 bits per heavy atom. The van der Waals surface area contributed by atoms with Gasteiger partial charge >= 0.3 is 0 Å². The van der Waals surface area contributed by atoms with Crippen LogP contribution in [-0.2, 0) is 18.3 Å². The lowest BCUT2D eigenvalue weighted by Crippen LogP contribution is -2.23. The number of nitrogens with zero attached hydrogens (tertiary/aromatic N) is 3. The highest BCUT2D eigenvalue weighted by Crippen LogP contribution is 2.00. The summed E-state index contributed by atoms with van der Waals surface area (Å²) in [4.78, 5) is 6.65. The van der Waals surface area contributed by atoms with Gasteiger partial charge in [0.15, 0.2) is 0 Å². The minimum atomic E-state index is 0.791. The van der Waals surface area contributed by atoms with Crippen molar-refractivity contribution in [3.63, 3.8) is 0 Å². The van der Waals surface area contributed by atoms with Gasteiger partial charge in [0, 0.05) is 33.1 Å².